The van der Waals surface area contributed by atoms with Gasteiger partial charge in [0.2, 0.25) is 0 Å². The molecule has 3 aliphatic heterocycles. The number of likely N-dealkylation sites (N-methyl/N-ethyl adjacent to an activating group) is 2. The van der Waals surface area contributed by atoms with Crippen LogP contribution in [0.1, 0.15) is 57.6 Å². The van der Waals surface area contributed by atoms with Gasteiger partial charge in [-0.2, -0.15) is 0 Å². The van der Waals surface area contributed by atoms with Gasteiger partial charge in [0.25, 0.3) is 15.9 Å². The maximum Gasteiger partial charge on any atom is 0.410 e. The van der Waals surface area contributed by atoms with Crippen LogP contribution in [0.2, 0.25) is 5.02 Å². The highest BCUT2D eigenvalue weighted by Crippen LogP contribution is 2.42. The van der Waals surface area contributed by atoms with E-state index in [1.807, 2.05) is 56.3 Å². The number of ether oxygens (including phenoxy) is 2. The lowest BCUT2D eigenvalue weighted by Gasteiger charge is -2.46. The fourth-order valence-electron chi connectivity index (χ4n) is 7.54. The van der Waals surface area contributed by atoms with E-state index in [1.54, 1.807) is 30.9 Å². The number of hydrogen-bond donors (Lipinski definition) is 1. The fraction of sp³-hybridized carbons (Fsp3) is 0.579. The van der Waals surface area contributed by atoms with Crippen LogP contribution in [-0.4, -0.2) is 106 Å². The van der Waals surface area contributed by atoms with Crippen molar-refractivity contribution in [2.45, 2.75) is 82.1 Å². The lowest BCUT2D eigenvalue weighted by Crippen LogP contribution is -2.60. The molecule has 2 fully saturated rings. The van der Waals surface area contributed by atoms with Crippen LogP contribution in [0.25, 0.3) is 0 Å². The molecule has 0 unspecified atom stereocenters. The van der Waals surface area contributed by atoms with Gasteiger partial charge >= 0.3 is 6.09 Å². The molecule has 278 valence electrons. The summed E-state index contributed by atoms with van der Waals surface area (Å²) in [5, 5.41) is 0.684. The first kappa shape index (κ1) is 37.4. The monoisotopic (exact) mass is 741 g/mol. The molecule has 3 atom stereocenters. The second-order valence-corrected chi connectivity index (χ2v) is 17.2. The minimum Gasteiger partial charge on any atom is -0.487 e. The average Bonchev–Trinajstić information content (AvgIpc) is 3.06. The van der Waals surface area contributed by atoms with Crippen LogP contribution in [0, 0.1) is 11.8 Å². The molecule has 13 heteroatoms. The molecule has 2 bridgehead atoms. The van der Waals surface area contributed by atoms with E-state index in [9.17, 15) is 18.0 Å². The number of amides is 2. The molecular weight excluding hydrogens is 690 g/mol. The summed E-state index contributed by atoms with van der Waals surface area (Å²) < 4.78 is 42.8. The van der Waals surface area contributed by atoms with Gasteiger partial charge in [-0.3, -0.25) is 9.69 Å². The predicted octanol–water partition coefficient (Wildman–Crippen LogP) is 5.31. The van der Waals surface area contributed by atoms with E-state index >= 15 is 0 Å². The number of carbonyl (C=O) groups is 2. The third-order valence-corrected chi connectivity index (χ3v) is 12.9. The van der Waals surface area contributed by atoms with Gasteiger partial charge in [0, 0.05) is 49.7 Å². The van der Waals surface area contributed by atoms with Gasteiger partial charge in [0.05, 0.1) is 16.1 Å². The van der Waals surface area contributed by atoms with Crippen molar-refractivity contribution in [3.63, 3.8) is 0 Å². The molecule has 1 N–H and O–H groups in total. The number of rotatable bonds is 3. The standard InChI is InChI=1S/C38H52ClN5O6S/c1-6-44-19-9-11-34(50-37(46)43-23-30(24-43)41(4)5)32-16-13-27(32)22-42-18-8-7-10-26-20-29(39)14-12-28(26)25-49-35-17-15-31(21-33(35)42)51(47,48)40-36(45)38(44,2)3/h9,11-12,14-15,17,20-21,27,30,32,34H,6-8,10,13,16,18-19,22-25H2,1-5H3,(H,40,45)/b11-9+/t27-,32+,34-/m0/s1. The van der Waals surface area contributed by atoms with Crippen molar-refractivity contribution >= 4 is 39.3 Å². The van der Waals surface area contributed by atoms with Crippen molar-refractivity contribution in [2.24, 2.45) is 11.8 Å². The molecule has 2 aromatic rings. The van der Waals surface area contributed by atoms with E-state index in [2.05, 4.69) is 14.5 Å². The minimum absolute atomic E-state index is 0.00126. The van der Waals surface area contributed by atoms with Crippen molar-refractivity contribution in [3.05, 3.63) is 64.7 Å². The summed E-state index contributed by atoms with van der Waals surface area (Å²) >= 11 is 6.37. The number of benzene rings is 2. The van der Waals surface area contributed by atoms with Crippen LogP contribution in [0.15, 0.2) is 53.4 Å². The van der Waals surface area contributed by atoms with Crippen LogP contribution >= 0.6 is 11.6 Å². The van der Waals surface area contributed by atoms with Gasteiger partial charge in [-0.25, -0.2) is 17.9 Å². The molecular formula is C38H52ClN5O6S. The number of halogens is 1. The summed E-state index contributed by atoms with van der Waals surface area (Å²) in [4.78, 5) is 35.1. The van der Waals surface area contributed by atoms with Gasteiger partial charge in [0.1, 0.15) is 18.5 Å². The van der Waals surface area contributed by atoms with E-state index in [0.29, 0.717) is 68.4 Å². The second-order valence-electron chi connectivity index (χ2n) is 15.1. The van der Waals surface area contributed by atoms with E-state index in [-0.39, 0.29) is 22.8 Å². The smallest absolute Gasteiger partial charge is 0.410 e. The number of nitrogens with one attached hydrogen (secondary N) is 1. The second kappa shape index (κ2) is 15.3. The SMILES string of the molecule is CCN1C/C=C/[C@H](OC(=O)N2CC(N(C)C)C2)[C@@H]2CC[C@H]2CN2CCCCc3cc(Cl)ccc3COc3ccc(cc32)S(=O)(=O)NC(=O)C1(C)C. The lowest BCUT2D eigenvalue weighted by molar-refractivity contribution is -0.129. The van der Waals surface area contributed by atoms with Gasteiger partial charge in [-0.1, -0.05) is 30.7 Å². The molecule has 6 rings (SSSR count). The van der Waals surface area contributed by atoms with Crippen LogP contribution in [0.5, 0.6) is 5.75 Å². The Balaban J connectivity index is 1.37. The fourth-order valence-corrected chi connectivity index (χ4v) is 8.86. The molecule has 2 amide bonds. The highest BCUT2D eigenvalue weighted by atomic mass is 35.5. The number of sulfonamides is 1. The minimum atomic E-state index is -4.21. The zero-order chi connectivity index (χ0) is 36.5. The van der Waals surface area contributed by atoms with Gasteiger partial charge in [-0.15, -0.1) is 0 Å². The Morgan fingerprint density at radius 3 is 2.57 bits per heavy atom. The van der Waals surface area contributed by atoms with Crippen LogP contribution < -0.4 is 14.4 Å². The maximum atomic E-state index is 13.8. The van der Waals surface area contributed by atoms with E-state index in [4.69, 9.17) is 21.1 Å². The third kappa shape index (κ3) is 8.19. The van der Waals surface area contributed by atoms with Crippen LogP contribution in [0.3, 0.4) is 0 Å². The molecule has 11 nitrogen and oxygen atoms in total. The van der Waals surface area contributed by atoms with Crippen LogP contribution in [0.4, 0.5) is 10.5 Å². The first-order chi connectivity index (χ1) is 24.3. The first-order valence-corrected chi connectivity index (χ1v) is 20.0. The Morgan fingerprint density at radius 1 is 1.08 bits per heavy atom. The molecule has 1 saturated carbocycles. The highest BCUT2D eigenvalue weighted by Gasteiger charge is 2.42. The molecule has 0 aromatic heterocycles. The van der Waals surface area contributed by atoms with Crippen LogP contribution in [-0.2, 0) is 32.6 Å². The molecule has 0 radical (unpaired) electrons. The summed E-state index contributed by atoms with van der Waals surface area (Å²) in [5.74, 6) is 0.212. The molecule has 3 heterocycles. The van der Waals surface area contributed by atoms with E-state index in [0.717, 1.165) is 43.2 Å². The number of aryl methyl sites for hydroxylation is 1. The Morgan fingerprint density at radius 2 is 1.86 bits per heavy atom. The predicted molar refractivity (Wildman–Crippen MR) is 199 cm³/mol. The molecule has 0 spiro atoms. The third-order valence-electron chi connectivity index (χ3n) is 11.3. The van der Waals surface area contributed by atoms with Crippen molar-refractivity contribution in [3.8, 4) is 5.75 Å². The first-order valence-electron chi connectivity index (χ1n) is 18.2. The largest absolute Gasteiger partial charge is 0.487 e. The average molecular weight is 742 g/mol. The Labute approximate surface area is 307 Å². The zero-order valence-electron chi connectivity index (χ0n) is 30.4. The molecule has 1 aliphatic carbocycles. The number of fused-ring (bicyclic) bond motifs is 3. The van der Waals surface area contributed by atoms with Crippen molar-refractivity contribution < 1.29 is 27.5 Å². The number of anilines is 1. The van der Waals surface area contributed by atoms with Gasteiger partial charge in [0.15, 0.2) is 0 Å². The normalized spacial score (nSPS) is 26.3. The molecule has 51 heavy (non-hydrogen) atoms. The summed E-state index contributed by atoms with van der Waals surface area (Å²) in [5.41, 5.74) is 1.68. The van der Waals surface area contributed by atoms with E-state index in [1.165, 1.54) is 6.07 Å². The Hall–Kier alpha value is -3.32. The Bertz CT molecular complexity index is 1740. The zero-order valence-corrected chi connectivity index (χ0v) is 32.0. The summed E-state index contributed by atoms with van der Waals surface area (Å²) in [6.07, 6.45) is 7.66. The summed E-state index contributed by atoms with van der Waals surface area (Å²) in [6, 6.07) is 11.0. The number of hydrogen-bond acceptors (Lipinski definition) is 9. The number of likely N-dealkylation sites (tertiary alicyclic amines) is 1. The maximum absolute atomic E-state index is 13.8. The van der Waals surface area contributed by atoms with Crippen molar-refractivity contribution in [1.82, 2.24) is 19.4 Å². The highest BCUT2D eigenvalue weighted by molar-refractivity contribution is 7.90. The number of carbonyl (C=O) groups excluding carboxylic acids is 2. The Kier molecular flexibility index (Phi) is 11.3. The number of nitrogens with zero attached hydrogens (tertiary/aromatic N) is 4. The molecule has 2 aromatic carbocycles. The van der Waals surface area contributed by atoms with Crippen molar-refractivity contribution in [1.29, 1.82) is 0 Å². The summed E-state index contributed by atoms with van der Waals surface area (Å²) in [7, 11) is -0.178. The quantitative estimate of drug-likeness (QED) is 0.419. The van der Waals surface area contributed by atoms with Crippen molar-refractivity contribution in [2.75, 3.05) is 58.3 Å². The molecule has 1 saturated heterocycles. The van der Waals surface area contributed by atoms with Gasteiger partial charge < -0.3 is 24.2 Å². The lowest BCUT2D eigenvalue weighted by atomic mass is 9.70. The topological polar surface area (TPSA) is 112 Å². The van der Waals surface area contributed by atoms with E-state index < -0.39 is 27.6 Å². The van der Waals surface area contributed by atoms with Gasteiger partial charge in [-0.05, 0) is 120 Å². The molecule has 4 aliphatic rings. The summed E-state index contributed by atoms with van der Waals surface area (Å²) in [6.45, 7) is 9.14.